The van der Waals surface area contributed by atoms with Crippen molar-refractivity contribution in [2.24, 2.45) is 0 Å². The van der Waals surface area contributed by atoms with Gasteiger partial charge in [0.25, 0.3) is 5.91 Å². The molecule has 0 bridgehead atoms. The predicted octanol–water partition coefficient (Wildman–Crippen LogP) is 4.86. The minimum absolute atomic E-state index is 0.281. The van der Waals surface area contributed by atoms with Crippen molar-refractivity contribution in [3.05, 3.63) is 90.0 Å². The fraction of sp³-hybridized carbons (Fsp3) is 0. The Bertz CT molecular complexity index is 978. The van der Waals surface area contributed by atoms with Crippen LogP contribution < -0.4 is 16.0 Å². The van der Waals surface area contributed by atoms with Crippen LogP contribution in [0.25, 0.3) is 0 Å². The molecule has 5 nitrogen and oxygen atoms in total. The van der Waals surface area contributed by atoms with Crippen molar-refractivity contribution in [1.82, 2.24) is 0 Å². The lowest BCUT2D eigenvalue weighted by Gasteiger charge is -2.10. The number of halogens is 2. The summed E-state index contributed by atoms with van der Waals surface area (Å²) in [4.78, 5) is 24.2. The highest BCUT2D eigenvalue weighted by molar-refractivity contribution is 6.05. The molecule has 0 saturated carbocycles. The molecule has 7 heteroatoms. The molecule has 3 aromatic rings. The number of amides is 3. The van der Waals surface area contributed by atoms with Gasteiger partial charge in [0.05, 0.1) is 5.56 Å². The van der Waals surface area contributed by atoms with E-state index in [1.165, 1.54) is 6.07 Å². The average Bonchev–Trinajstić information content (AvgIpc) is 2.62. The molecule has 3 rings (SSSR count). The molecule has 3 amide bonds. The van der Waals surface area contributed by atoms with Crippen molar-refractivity contribution in [1.29, 1.82) is 0 Å². The highest BCUT2D eigenvalue weighted by Gasteiger charge is 2.13. The summed E-state index contributed by atoms with van der Waals surface area (Å²) in [5.41, 5.74) is 1.13. The van der Waals surface area contributed by atoms with Crippen LogP contribution in [0.2, 0.25) is 0 Å². The van der Waals surface area contributed by atoms with E-state index in [4.69, 9.17) is 0 Å². The maximum absolute atomic E-state index is 13.7. The Labute approximate surface area is 154 Å². The lowest BCUT2D eigenvalue weighted by Crippen LogP contribution is -2.19. The van der Waals surface area contributed by atoms with Crippen LogP contribution in [0.1, 0.15) is 10.4 Å². The molecule has 27 heavy (non-hydrogen) atoms. The Hall–Kier alpha value is -3.74. The fourth-order valence-corrected chi connectivity index (χ4v) is 2.36. The van der Waals surface area contributed by atoms with Gasteiger partial charge in [-0.15, -0.1) is 0 Å². The Morgan fingerprint density at radius 1 is 0.667 bits per heavy atom. The normalized spacial score (nSPS) is 10.1. The van der Waals surface area contributed by atoms with Crippen LogP contribution in [0, 0.1) is 11.6 Å². The van der Waals surface area contributed by atoms with E-state index >= 15 is 0 Å². The van der Waals surface area contributed by atoms with Crippen molar-refractivity contribution >= 4 is 29.0 Å². The molecule has 0 fully saturated rings. The van der Waals surface area contributed by atoms with Gasteiger partial charge in [0.15, 0.2) is 0 Å². The van der Waals surface area contributed by atoms with Gasteiger partial charge < -0.3 is 16.0 Å². The van der Waals surface area contributed by atoms with E-state index in [0.29, 0.717) is 23.1 Å². The van der Waals surface area contributed by atoms with Gasteiger partial charge in [-0.3, -0.25) is 4.79 Å². The van der Waals surface area contributed by atoms with Crippen LogP contribution in [0.5, 0.6) is 0 Å². The second-order valence-electron chi connectivity index (χ2n) is 5.60. The summed E-state index contributed by atoms with van der Waals surface area (Å²) < 4.78 is 26.6. The summed E-state index contributed by atoms with van der Waals surface area (Å²) in [6, 6.07) is 17.5. The van der Waals surface area contributed by atoms with Crippen LogP contribution in [0.15, 0.2) is 72.8 Å². The van der Waals surface area contributed by atoms with E-state index < -0.39 is 23.6 Å². The molecule has 3 N–H and O–H groups in total. The third-order valence-corrected chi connectivity index (χ3v) is 3.59. The van der Waals surface area contributed by atoms with E-state index in [9.17, 15) is 18.4 Å². The first-order valence-electron chi connectivity index (χ1n) is 8.01. The van der Waals surface area contributed by atoms with Crippen molar-refractivity contribution < 1.29 is 18.4 Å². The highest BCUT2D eigenvalue weighted by Crippen LogP contribution is 2.18. The summed E-state index contributed by atoms with van der Waals surface area (Å²) in [7, 11) is 0. The SMILES string of the molecule is O=C(Nc1ccccc1)Nc1cccc(NC(=O)c2ccc(F)cc2F)c1. The summed E-state index contributed by atoms with van der Waals surface area (Å²) >= 11 is 0. The molecule has 0 atom stereocenters. The molecular weight excluding hydrogens is 352 g/mol. The molecule has 0 saturated heterocycles. The third kappa shape index (κ3) is 4.88. The molecule has 0 unspecified atom stereocenters. The van der Waals surface area contributed by atoms with Crippen LogP contribution in [0.3, 0.4) is 0 Å². The number of urea groups is 1. The van der Waals surface area contributed by atoms with Crippen molar-refractivity contribution in [2.45, 2.75) is 0 Å². The van der Waals surface area contributed by atoms with Crippen LogP contribution in [-0.2, 0) is 0 Å². The van der Waals surface area contributed by atoms with Gasteiger partial charge in [-0.05, 0) is 42.5 Å². The quantitative estimate of drug-likeness (QED) is 0.616. The van der Waals surface area contributed by atoms with E-state index in [0.717, 1.165) is 12.1 Å². The smallest absolute Gasteiger partial charge is 0.322 e. The number of para-hydroxylation sites is 1. The molecule has 0 aliphatic rings. The van der Waals surface area contributed by atoms with Crippen LogP contribution >= 0.6 is 0 Å². The number of carbonyl (C=O) groups excluding carboxylic acids is 2. The molecule has 136 valence electrons. The average molecular weight is 367 g/mol. The van der Waals surface area contributed by atoms with E-state index in [1.54, 1.807) is 42.5 Å². The molecule has 0 aromatic heterocycles. The first kappa shape index (κ1) is 18.1. The van der Waals surface area contributed by atoms with E-state index in [2.05, 4.69) is 16.0 Å². The number of hydrogen-bond acceptors (Lipinski definition) is 2. The Kier molecular flexibility index (Phi) is 5.41. The third-order valence-electron chi connectivity index (χ3n) is 3.59. The van der Waals surface area contributed by atoms with Gasteiger partial charge in [-0.25, -0.2) is 13.6 Å². The maximum Gasteiger partial charge on any atom is 0.323 e. The largest absolute Gasteiger partial charge is 0.323 e. The standard InChI is InChI=1S/C20H15F2N3O2/c21-13-9-10-17(18(22)11-13)19(26)23-15-7-4-8-16(12-15)25-20(27)24-14-5-2-1-3-6-14/h1-12H,(H,23,26)(H2,24,25,27). The molecule has 3 aromatic carbocycles. The number of hydrogen-bond donors (Lipinski definition) is 3. The lowest BCUT2D eigenvalue weighted by atomic mass is 10.2. The van der Waals surface area contributed by atoms with Crippen LogP contribution in [-0.4, -0.2) is 11.9 Å². The van der Waals surface area contributed by atoms with Gasteiger partial charge in [0.1, 0.15) is 11.6 Å². The van der Waals surface area contributed by atoms with E-state index in [1.807, 2.05) is 6.07 Å². The zero-order chi connectivity index (χ0) is 19.2. The van der Waals surface area contributed by atoms with Gasteiger partial charge in [-0.2, -0.15) is 0 Å². The Morgan fingerprint density at radius 3 is 2.00 bits per heavy atom. The number of rotatable bonds is 4. The summed E-state index contributed by atoms with van der Waals surface area (Å²) in [6.07, 6.45) is 0. The molecule has 0 heterocycles. The van der Waals surface area contributed by atoms with Gasteiger partial charge in [0.2, 0.25) is 0 Å². The van der Waals surface area contributed by atoms with Crippen molar-refractivity contribution in [2.75, 3.05) is 16.0 Å². The fourth-order valence-electron chi connectivity index (χ4n) is 2.36. The number of carbonyl (C=O) groups is 2. The number of nitrogens with one attached hydrogen (secondary N) is 3. The molecule has 0 aliphatic carbocycles. The highest BCUT2D eigenvalue weighted by atomic mass is 19.1. The van der Waals surface area contributed by atoms with Crippen molar-refractivity contribution in [3.8, 4) is 0 Å². The zero-order valence-corrected chi connectivity index (χ0v) is 14.0. The van der Waals surface area contributed by atoms with E-state index in [-0.39, 0.29) is 5.56 Å². The van der Waals surface area contributed by atoms with Crippen molar-refractivity contribution in [3.63, 3.8) is 0 Å². The van der Waals surface area contributed by atoms with Gasteiger partial charge in [-0.1, -0.05) is 24.3 Å². The predicted molar refractivity (Wildman–Crippen MR) is 99.8 cm³/mol. The molecule has 0 radical (unpaired) electrons. The van der Waals surface area contributed by atoms with Gasteiger partial charge >= 0.3 is 6.03 Å². The number of benzene rings is 3. The second-order valence-corrected chi connectivity index (χ2v) is 5.60. The molecule has 0 spiro atoms. The summed E-state index contributed by atoms with van der Waals surface area (Å²) in [6.45, 7) is 0. The molecular formula is C20H15F2N3O2. The summed E-state index contributed by atoms with van der Waals surface area (Å²) in [5, 5.41) is 7.81. The van der Waals surface area contributed by atoms with Crippen LogP contribution in [0.4, 0.5) is 30.6 Å². The summed E-state index contributed by atoms with van der Waals surface area (Å²) in [5.74, 6) is -2.44. The maximum atomic E-state index is 13.7. The minimum atomic E-state index is -0.955. The topological polar surface area (TPSA) is 70.2 Å². The molecule has 0 aliphatic heterocycles. The lowest BCUT2D eigenvalue weighted by molar-refractivity contribution is 0.102. The van der Waals surface area contributed by atoms with Gasteiger partial charge in [0, 0.05) is 23.1 Å². The Morgan fingerprint density at radius 2 is 1.30 bits per heavy atom. The monoisotopic (exact) mass is 367 g/mol. The first-order chi connectivity index (χ1) is 13.0. The first-order valence-corrected chi connectivity index (χ1v) is 8.01. The number of anilines is 3. The second kappa shape index (κ2) is 8.09. The zero-order valence-electron chi connectivity index (χ0n) is 14.0. The Balaban J connectivity index is 1.66. The minimum Gasteiger partial charge on any atom is -0.322 e.